The number of nitrogens with zero attached hydrogens (tertiary/aromatic N) is 4. The van der Waals surface area contributed by atoms with E-state index in [9.17, 15) is 2.74 Å². The van der Waals surface area contributed by atoms with Gasteiger partial charge in [-0.2, -0.15) is 0 Å². The van der Waals surface area contributed by atoms with Crippen LogP contribution in [0, 0.1) is 13.2 Å². The lowest BCUT2D eigenvalue weighted by Gasteiger charge is -2.28. The summed E-state index contributed by atoms with van der Waals surface area (Å²) in [6.07, 6.45) is 5.12. The van der Waals surface area contributed by atoms with Crippen LogP contribution in [0.3, 0.4) is 0 Å². The van der Waals surface area contributed by atoms with Crippen molar-refractivity contribution in [2.24, 2.45) is 0 Å². The summed E-state index contributed by atoms with van der Waals surface area (Å²) in [7, 11) is 0. The highest BCUT2D eigenvalue weighted by Gasteiger charge is 2.28. The first-order valence-corrected chi connectivity index (χ1v) is 27.9. The fourth-order valence-corrected chi connectivity index (χ4v) is 10.8. The van der Waals surface area contributed by atoms with Crippen LogP contribution in [0.25, 0.3) is 94.5 Å². The maximum absolute atomic E-state index is 9.44. The molecule has 0 amide bonds. The second kappa shape index (κ2) is 20.3. The van der Waals surface area contributed by atoms with Gasteiger partial charge in [-0.3, -0.25) is 13.7 Å². The maximum atomic E-state index is 9.44. The fraction of sp³-hybridized carbons (Fsp3) is 0.221. The van der Waals surface area contributed by atoms with E-state index in [0.29, 0.717) is 33.8 Å². The zero-order chi connectivity index (χ0) is 68.7. The zero-order valence-electron chi connectivity index (χ0n) is 61.6. The summed E-state index contributed by atoms with van der Waals surface area (Å²) in [6, 6.07) is 43.2. The van der Waals surface area contributed by atoms with E-state index >= 15 is 0 Å². The van der Waals surface area contributed by atoms with Crippen molar-refractivity contribution in [3.63, 3.8) is 0 Å². The molecular formula is C77H74N4O. The van der Waals surface area contributed by atoms with Gasteiger partial charge in [0.05, 0.1) is 47.1 Å². The minimum absolute atomic E-state index is 0.0910. The largest absolute Gasteiger partial charge is 0.458 e. The summed E-state index contributed by atoms with van der Waals surface area (Å²) in [4.78, 5) is 4.77. The van der Waals surface area contributed by atoms with Gasteiger partial charge in [0.2, 0.25) is 0 Å². The van der Waals surface area contributed by atoms with Crippen molar-refractivity contribution in [1.82, 2.24) is 14.1 Å². The molecule has 0 N–H and O–H groups in total. The quantitative estimate of drug-likeness (QED) is 0.107. The zero-order valence-corrected chi connectivity index (χ0v) is 48.6. The molecule has 0 spiro atoms. The Morgan fingerprint density at radius 3 is 1.59 bits per heavy atom. The van der Waals surface area contributed by atoms with Crippen LogP contribution in [-0.2, 0) is 21.7 Å². The number of benzene rings is 9. The van der Waals surface area contributed by atoms with E-state index < -0.39 is 55.2 Å². The lowest BCUT2D eigenvalue weighted by Crippen LogP contribution is -2.32. The van der Waals surface area contributed by atoms with Crippen molar-refractivity contribution in [3.05, 3.63) is 246 Å². The van der Waals surface area contributed by atoms with Crippen molar-refractivity contribution in [2.45, 2.75) is 112 Å². The number of hydrogen-bond acceptors (Lipinski definition) is 2. The van der Waals surface area contributed by atoms with Crippen LogP contribution in [0.1, 0.15) is 129 Å². The average molecular weight is 1080 g/mol. The molecule has 0 aliphatic carbocycles. The van der Waals surface area contributed by atoms with Crippen LogP contribution in [0.4, 0.5) is 0 Å². The van der Waals surface area contributed by atoms with Gasteiger partial charge >= 0.3 is 0 Å². The molecule has 0 radical (unpaired) electrons. The highest BCUT2D eigenvalue weighted by Crippen LogP contribution is 2.44. The monoisotopic (exact) mass is 1080 g/mol. The van der Waals surface area contributed by atoms with Crippen molar-refractivity contribution < 1.29 is 27.1 Å². The predicted octanol–water partition coefficient (Wildman–Crippen LogP) is 20.2. The standard InChI is InChI=1S/C77H74N4O/c1-50-37-72(78-48-67(50)52-27-18-15-19-28-52)81-68-32-21-20-31-63(68)64-36-35-62(47-71(64)81)82-61-30-24-29-60(46-61)79-49-80(70-34-23-22-33-69(70)79)73-65(54-38-56(74(2,3)4)44-57(39-54)75(5,6)7)42-53(51-25-16-14-17-26-51)43-66(73)55-40-58(76(8,9)10)45-59(41-55)77(11,12)13/h14-48H,1-13H3/i1D3,14D,15D,16D,17D,18D,19D,25D,26D,27D,28D. The topological polar surface area (TPSA) is 35.9 Å². The van der Waals surface area contributed by atoms with E-state index in [4.69, 9.17) is 24.8 Å². The van der Waals surface area contributed by atoms with Gasteiger partial charge in [0.15, 0.2) is 0 Å². The lowest BCUT2D eigenvalue weighted by atomic mass is 9.77. The summed E-state index contributed by atoms with van der Waals surface area (Å²) in [5.41, 5.74) is 10.9. The number of rotatable bonds is 9. The third-order valence-corrected chi connectivity index (χ3v) is 15.5. The van der Waals surface area contributed by atoms with E-state index in [-0.39, 0.29) is 61.8 Å². The molecule has 0 bridgehead atoms. The van der Waals surface area contributed by atoms with E-state index in [0.717, 1.165) is 72.0 Å². The highest BCUT2D eigenvalue weighted by atomic mass is 16.5. The van der Waals surface area contributed by atoms with E-state index in [1.54, 1.807) is 0 Å². The number of imidazole rings is 1. The Morgan fingerprint density at radius 1 is 0.463 bits per heavy atom. The van der Waals surface area contributed by atoms with Gasteiger partial charge in [0, 0.05) is 32.7 Å². The van der Waals surface area contributed by atoms with Crippen LogP contribution < -0.4 is 9.30 Å². The molecule has 0 fully saturated rings. The molecule has 0 aliphatic rings. The molecule has 0 unspecified atom stereocenters. The molecule has 12 aromatic rings. The van der Waals surface area contributed by atoms with E-state index in [1.165, 1.54) is 12.3 Å². The smallest absolute Gasteiger partial charge is 0.269 e. The molecule has 3 aromatic heterocycles. The number of fused-ring (bicyclic) bond motifs is 4. The molecule has 0 aliphatic heterocycles. The van der Waals surface area contributed by atoms with Gasteiger partial charge in [-0.25, -0.2) is 4.98 Å². The van der Waals surface area contributed by atoms with Gasteiger partial charge in [-0.15, -0.1) is 0 Å². The Morgan fingerprint density at radius 2 is 1.00 bits per heavy atom. The molecule has 9 aromatic carbocycles. The van der Waals surface area contributed by atoms with E-state index in [1.807, 2.05) is 106 Å². The Kier molecular flexibility index (Phi) is 10.0. The van der Waals surface area contributed by atoms with Gasteiger partial charge in [-0.1, -0.05) is 228 Å². The molecule has 82 heavy (non-hydrogen) atoms. The summed E-state index contributed by atoms with van der Waals surface area (Å²) in [6.45, 7) is 23.6. The summed E-state index contributed by atoms with van der Waals surface area (Å²) >= 11 is 0. The Labute approximate surface area is 503 Å². The third kappa shape index (κ3) is 10.2. The van der Waals surface area contributed by atoms with Crippen LogP contribution in [-0.4, -0.2) is 14.1 Å². The van der Waals surface area contributed by atoms with Crippen molar-refractivity contribution >= 4 is 32.8 Å². The first-order chi connectivity index (χ1) is 44.4. The number of hydrogen-bond donors (Lipinski definition) is 0. The summed E-state index contributed by atoms with van der Waals surface area (Å²) in [5.74, 6) is 1.17. The number of para-hydroxylation sites is 3. The molecule has 3 heterocycles. The molecule has 408 valence electrons. The van der Waals surface area contributed by atoms with Crippen LogP contribution in [0.15, 0.2) is 212 Å². The molecule has 12 rings (SSSR count). The number of ether oxygens (including phenoxy) is 1. The first kappa shape index (κ1) is 40.4. The Balaban J connectivity index is 1.07. The third-order valence-electron chi connectivity index (χ3n) is 15.5. The SMILES string of the molecule is [2H]c1c([2H])c([2H])c(-c2cc(-c3cc(C(C)(C)C)cc(C(C)(C)C)c3)c(-[n+]3[c-]n(-c4cccc(Oc5ccc6c7ccccc7n(-c7cc(C([2H])([2H])[2H])c(-c8c([2H])c([2H])c([2H])c([2H])c8[2H])cn7)c6c5)c4)c4ccccc43)c(-c3cc(C(C)(C)C)cc(C(C)(C)C)c3)c2)c([2H])c1[2H]. The second-order valence-corrected chi connectivity index (χ2v) is 25.5. The molecule has 0 saturated heterocycles. The fourth-order valence-electron chi connectivity index (χ4n) is 10.8. The van der Waals surface area contributed by atoms with Crippen LogP contribution in [0.2, 0.25) is 0 Å². The molecule has 0 atom stereocenters. The second-order valence-electron chi connectivity index (χ2n) is 25.5. The molecular weight excluding hydrogens is 997 g/mol. The summed E-state index contributed by atoms with van der Waals surface area (Å²) < 4.78 is 127. The van der Waals surface area contributed by atoms with Crippen LogP contribution in [0.5, 0.6) is 11.5 Å². The molecule has 0 saturated carbocycles. The van der Waals surface area contributed by atoms with E-state index in [2.05, 4.69) is 136 Å². The Hall–Kier alpha value is -8.80. The number of pyridine rings is 1. The first-order valence-electron chi connectivity index (χ1n) is 34.4. The minimum Gasteiger partial charge on any atom is -0.458 e. The summed E-state index contributed by atoms with van der Waals surface area (Å²) in [5, 5.41) is 1.68. The Bertz CT molecular complexity index is 4930. The number of aryl methyl sites for hydroxylation is 1. The van der Waals surface area contributed by atoms with Gasteiger partial charge in [0.1, 0.15) is 17.3 Å². The average Bonchev–Trinajstić information content (AvgIpc) is 1.73. The lowest BCUT2D eigenvalue weighted by molar-refractivity contribution is -0.571. The van der Waals surface area contributed by atoms with Gasteiger partial charge in [-0.05, 0) is 150 Å². The van der Waals surface area contributed by atoms with Crippen LogP contribution >= 0.6 is 0 Å². The number of aromatic nitrogens is 4. The maximum Gasteiger partial charge on any atom is 0.269 e. The van der Waals surface area contributed by atoms with Crippen molar-refractivity contribution in [2.75, 3.05) is 0 Å². The molecule has 5 nitrogen and oxygen atoms in total. The minimum atomic E-state index is -2.79. The van der Waals surface area contributed by atoms with Gasteiger partial charge in [0.25, 0.3) is 6.33 Å². The predicted molar refractivity (Wildman–Crippen MR) is 344 cm³/mol. The van der Waals surface area contributed by atoms with Gasteiger partial charge < -0.3 is 4.74 Å². The van der Waals surface area contributed by atoms with Crippen molar-refractivity contribution in [1.29, 1.82) is 0 Å². The molecule has 5 heteroatoms. The normalized spacial score (nSPS) is 14.9. The highest BCUT2D eigenvalue weighted by molar-refractivity contribution is 6.09. The van der Waals surface area contributed by atoms with Crippen molar-refractivity contribution in [3.8, 4) is 73.2 Å².